The number of allylic oxidation sites excluding steroid dienone is 1. The molecule has 2 rings (SSSR count). The first-order valence-corrected chi connectivity index (χ1v) is 7.36. The molecule has 0 aliphatic heterocycles. The maximum Gasteiger partial charge on any atom is 0.0889 e. The van der Waals surface area contributed by atoms with Gasteiger partial charge < -0.3 is 5.11 Å². The number of aliphatic hydroxyl groups is 1. The summed E-state index contributed by atoms with van der Waals surface area (Å²) in [6.45, 7) is 6.87. The van der Waals surface area contributed by atoms with Crippen LogP contribution in [0.25, 0.3) is 0 Å². The molecule has 0 saturated heterocycles. The Morgan fingerprint density at radius 1 is 1.18 bits per heavy atom. The van der Waals surface area contributed by atoms with Gasteiger partial charge in [0, 0.05) is 0 Å². The van der Waals surface area contributed by atoms with E-state index in [1.54, 1.807) is 0 Å². The summed E-state index contributed by atoms with van der Waals surface area (Å²) in [6.07, 6.45) is 11.9. The van der Waals surface area contributed by atoms with Gasteiger partial charge in [0.25, 0.3) is 0 Å². The van der Waals surface area contributed by atoms with Crippen LogP contribution >= 0.6 is 0 Å². The van der Waals surface area contributed by atoms with Gasteiger partial charge in [-0.25, -0.2) is 0 Å². The van der Waals surface area contributed by atoms with Crippen molar-refractivity contribution >= 4 is 0 Å². The molecule has 1 fully saturated rings. The van der Waals surface area contributed by atoms with E-state index < -0.39 is 5.60 Å². The highest BCUT2D eigenvalue weighted by Crippen LogP contribution is 2.49. The standard InChI is InChI=1S/C16H28O/c1-15(2,3)14-11-7-8-12-16(14,17)13-9-5-4-6-10-13/h9,14,17H,4-8,10-12H2,1-3H3. The molecule has 1 N–H and O–H groups in total. The van der Waals surface area contributed by atoms with E-state index in [1.165, 1.54) is 44.1 Å². The Morgan fingerprint density at radius 2 is 1.94 bits per heavy atom. The highest BCUT2D eigenvalue weighted by molar-refractivity contribution is 5.22. The average molecular weight is 236 g/mol. The smallest absolute Gasteiger partial charge is 0.0889 e. The van der Waals surface area contributed by atoms with Crippen LogP contribution in [0.4, 0.5) is 0 Å². The number of rotatable bonds is 1. The Bertz CT molecular complexity index is 297. The van der Waals surface area contributed by atoms with Crippen molar-refractivity contribution in [2.24, 2.45) is 11.3 Å². The molecule has 17 heavy (non-hydrogen) atoms. The Labute approximate surface area is 106 Å². The van der Waals surface area contributed by atoms with Crippen LogP contribution in [0.2, 0.25) is 0 Å². The molecule has 1 nitrogen and oxygen atoms in total. The molecule has 0 bridgehead atoms. The summed E-state index contributed by atoms with van der Waals surface area (Å²) >= 11 is 0. The second-order valence-corrected chi connectivity index (χ2v) is 7.06. The molecule has 1 heteroatoms. The van der Waals surface area contributed by atoms with Gasteiger partial charge in [0.2, 0.25) is 0 Å². The molecule has 0 spiro atoms. The van der Waals surface area contributed by atoms with E-state index in [2.05, 4.69) is 26.8 Å². The first-order chi connectivity index (χ1) is 7.94. The van der Waals surface area contributed by atoms with Crippen LogP contribution in [0.3, 0.4) is 0 Å². The Kier molecular flexibility index (Phi) is 3.68. The van der Waals surface area contributed by atoms with Gasteiger partial charge in [0.1, 0.15) is 0 Å². The second kappa shape index (κ2) is 4.76. The lowest BCUT2D eigenvalue weighted by Gasteiger charge is -2.48. The molecule has 2 aliphatic carbocycles. The van der Waals surface area contributed by atoms with Crippen molar-refractivity contribution < 1.29 is 5.11 Å². The van der Waals surface area contributed by atoms with E-state index in [0.29, 0.717) is 5.92 Å². The average Bonchev–Trinajstić information content (AvgIpc) is 2.29. The Hall–Kier alpha value is -0.300. The van der Waals surface area contributed by atoms with E-state index >= 15 is 0 Å². The quantitative estimate of drug-likeness (QED) is 0.667. The minimum Gasteiger partial charge on any atom is -0.385 e. The van der Waals surface area contributed by atoms with Crippen molar-refractivity contribution in [3.8, 4) is 0 Å². The zero-order valence-corrected chi connectivity index (χ0v) is 11.8. The van der Waals surface area contributed by atoms with Crippen molar-refractivity contribution in [3.05, 3.63) is 11.6 Å². The highest BCUT2D eigenvalue weighted by Gasteiger charge is 2.46. The molecule has 2 atom stereocenters. The molecule has 0 aromatic carbocycles. The third-order valence-electron chi connectivity index (χ3n) is 4.77. The van der Waals surface area contributed by atoms with Gasteiger partial charge in [0.05, 0.1) is 5.60 Å². The zero-order valence-electron chi connectivity index (χ0n) is 11.8. The molecule has 0 aromatic heterocycles. The maximum absolute atomic E-state index is 11.2. The normalized spacial score (nSPS) is 35.5. The fourth-order valence-electron chi connectivity index (χ4n) is 3.92. The largest absolute Gasteiger partial charge is 0.385 e. The first-order valence-electron chi connectivity index (χ1n) is 7.36. The van der Waals surface area contributed by atoms with Crippen molar-refractivity contribution in [3.63, 3.8) is 0 Å². The molecule has 0 amide bonds. The van der Waals surface area contributed by atoms with Gasteiger partial charge in [-0.05, 0) is 55.4 Å². The summed E-state index contributed by atoms with van der Waals surface area (Å²) < 4.78 is 0. The predicted octanol–water partition coefficient (Wildman–Crippen LogP) is 4.45. The highest BCUT2D eigenvalue weighted by atomic mass is 16.3. The second-order valence-electron chi connectivity index (χ2n) is 7.06. The summed E-state index contributed by atoms with van der Waals surface area (Å²) in [7, 11) is 0. The minimum atomic E-state index is -0.489. The predicted molar refractivity (Wildman–Crippen MR) is 72.9 cm³/mol. The van der Waals surface area contributed by atoms with Gasteiger partial charge >= 0.3 is 0 Å². The molecule has 2 aliphatic rings. The van der Waals surface area contributed by atoms with Gasteiger partial charge in [-0.2, -0.15) is 0 Å². The Morgan fingerprint density at radius 3 is 2.53 bits per heavy atom. The zero-order chi connectivity index (χ0) is 12.5. The van der Waals surface area contributed by atoms with Crippen molar-refractivity contribution in [2.45, 2.75) is 77.7 Å². The molecular weight excluding hydrogens is 208 g/mol. The summed E-state index contributed by atoms with van der Waals surface area (Å²) in [6, 6.07) is 0. The van der Waals surface area contributed by atoms with Crippen LogP contribution in [0.15, 0.2) is 11.6 Å². The van der Waals surface area contributed by atoms with Gasteiger partial charge in [-0.3, -0.25) is 0 Å². The number of hydrogen-bond acceptors (Lipinski definition) is 1. The van der Waals surface area contributed by atoms with E-state index in [9.17, 15) is 5.11 Å². The lowest BCUT2D eigenvalue weighted by molar-refractivity contribution is -0.0641. The summed E-state index contributed by atoms with van der Waals surface area (Å²) in [5.41, 5.74) is 1.09. The summed E-state index contributed by atoms with van der Waals surface area (Å²) in [5.74, 6) is 0.438. The van der Waals surface area contributed by atoms with E-state index in [1.807, 2.05) is 0 Å². The first kappa shape index (κ1) is 13.1. The molecule has 98 valence electrons. The molecule has 0 heterocycles. The van der Waals surface area contributed by atoms with Crippen molar-refractivity contribution in [2.75, 3.05) is 0 Å². The monoisotopic (exact) mass is 236 g/mol. The SMILES string of the molecule is CC(C)(C)C1CCCCC1(O)C1=CCCCC1. The summed E-state index contributed by atoms with van der Waals surface area (Å²) in [4.78, 5) is 0. The third kappa shape index (κ3) is 2.59. The van der Waals surface area contributed by atoms with E-state index in [4.69, 9.17) is 0 Å². The maximum atomic E-state index is 11.2. The van der Waals surface area contributed by atoms with Gasteiger partial charge in [-0.15, -0.1) is 0 Å². The van der Waals surface area contributed by atoms with E-state index in [0.717, 1.165) is 12.8 Å². The molecule has 0 radical (unpaired) electrons. The van der Waals surface area contributed by atoms with Crippen molar-refractivity contribution in [1.82, 2.24) is 0 Å². The fraction of sp³-hybridized carbons (Fsp3) is 0.875. The molecule has 0 aromatic rings. The molecule has 2 unspecified atom stereocenters. The van der Waals surface area contributed by atoms with Crippen LogP contribution in [0.5, 0.6) is 0 Å². The van der Waals surface area contributed by atoms with Gasteiger partial charge in [0.15, 0.2) is 0 Å². The lowest BCUT2D eigenvalue weighted by atomic mass is 9.60. The van der Waals surface area contributed by atoms with Crippen LogP contribution in [0, 0.1) is 11.3 Å². The van der Waals surface area contributed by atoms with Crippen LogP contribution < -0.4 is 0 Å². The van der Waals surface area contributed by atoms with Crippen LogP contribution in [-0.2, 0) is 0 Å². The van der Waals surface area contributed by atoms with Crippen LogP contribution in [-0.4, -0.2) is 10.7 Å². The Balaban J connectivity index is 2.27. The van der Waals surface area contributed by atoms with E-state index in [-0.39, 0.29) is 5.41 Å². The fourth-order valence-corrected chi connectivity index (χ4v) is 3.92. The van der Waals surface area contributed by atoms with Crippen molar-refractivity contribution in [1.29, 1.82) is 0 Å². The summed E-state index contributed by atoms with van der Waals surface area (Å²) in [5, 5.41) is 11.2. The molecular formula is C16H28O. The minimum absolute atomic E-state index is 0.216. The number of hydrogen-bond donors (Lipinski definition) is 1. The van der Waals surface area contributed by atoms with Crippen LogP contribution in [0.1, 0.15) is 72.1 Å². The lowest BCUT2D eigenvalue weighted by Crippen LogP contribution is -2.48. The topological polar surface area (TPSA) is 20.2 Å². The molecule has 1 saturated carbocycles. The third-order valence-corrected chi connectivity index (χ3v) is 4.77. The van der Waals surface area contributed by atoms with Gasteiger partial charge in [-0.1, -0.05) is 39.7 Å².